The third-order valence-corrected chi connectivity index (χ3v) is 4.50. The van der Waals surface area contributed by atoms with Crippen LogP contribution in [0.25, 0.3) is 0 Å². The fourth-order valence-corrected chi connectivity index (χ4v) is 3.06. The lowest BCUT2D eigenvalue weighted by molar-refractivity contribution is -0.117. The second kappa shape index (κ2) is 8.56. The van der Waals surface area contributed by atoms with E-state index in [1.165, 1.54) is 6.92 Å². The molecule has 0 saturated carbocycles. The molecule has 1 saturated heterocycles. The minimum atomic E-state index is -0.450. The van der Waals surface area contributed by atoms with Crippen LogP contribution in [-0.2, 0) is 14.4 Å². The summed E-state index contributed by atoms with van der Waals surface area (Å²) in [6.07, 6.45) is 1.49. The lowest BCUT2D eigenvalue weighted by atomic mass is 10.2. The Kier molecular flexibility index (Phi) is 5.93. The molecule has 0 radical (unpaired) electrons. The zero-order valence-electron chi connectivity index (χ0n) is 16.0. The minimum Gasteiger partial charge on any atom is -0.374 e. The summed E-state index contributed by atoms with van der Waals surface area (Å²) in [5.41, 5.74) is 3.01. The Balaban J connectivity index is 1.55. The van der Waals surface area contributed by atoms with Gasteiger partial charge in [-0.2, -0.15) is 0 Å². The van der Waals surface area contributed by atoms with Crippen LogP contribution >= 0.6 is 0 Å². The fourth-order valence-electron chi connectivity index (χ4n) is 3.06. The van der Waals surface area contributed by atoms with Crippen molar-refractivity contribution in [3.63, 3.8) is 0 Å². The van der Waals surface area contributed by atoms with Gasteiger partial charge in [-0.1, -0.05) is 0 Å². The standard InChI is InChI=1S/C21H24N4O3/c1-14(21(28)24-18-7-5-17(6-8-18)23-15(2)26)22-16-9-11-19(12-10-16)25-13-3-4-20(25)27/h5-12,14,22H,3-4,13H2,1-2H3,(H,23,26)(H,24,28). The number of amides is 3. The quantitative estimate of drug-likeness (QED) is 0.718. The molecule has 1 atom stereocenters. The highest BCUT2D eigenvalue weighted by atomic mass is 16.2. The zero-order chi connectivity index (χ0) is 20.1. The smallest absolute Gasteiger partial charge is 0.246 e. The van der Waals surface area contributed by atoms with Gasteiger partial charge in [-0.05, 0) is 61.9 Å². The third-order valence-electron chi connectivity index (χ3n) is 4.50. The van der Waals surface area contributed by atoms with E-state index in [2.05, 4.69) is 16.0 Å². The van der Waals surface area contributed by atoms with Crippen molar-refractivity contribution < 1.29 is 14.4 Å². The molecule has 7 nitrogen and oxygen atoms in total. The molecule has 0 spiro atoms. The molecule has 2 aromatic carbocycles. The molecule has 0 aliphatic carbocycles. The first kappa shape index (κ1) is 19.4. The predicted octanol–water partition coefficient (Wildman–Crippen LogP) is 3.21. The summed E-state index contributed by atoms with van der Waals surface area (Å²) in [6.45, 7) is 3.97. The highest BCUT2D eigenvalue weighted by molar-refractivity contribution is 5.97. The summed E-state index contributed by atoms with van der Waals surface area (Å²) in [4.78, 5) is 37.0. The van der Waals surface area contributed by atoms with E-state index < -0.39 is 6.04 Å². The topological polar surface area (TPSA) is 90.5 Å². The molecule has 3 amide bonds. The maximum atomic E-state index is 12.4. The maximum absolute atomic E-state index is 12.4. The first-order valence-electron chi connectivity index (χ1n) is 9.28. The number of benzene rings is 2. The molecule has 3 rings (SSSR count). The van der Waals surface area contributed by atoms with Gasteiger partial charge in [0.2, 0.25) is 17.7 Å². The summed E-state index contributed by atoms with van der Waals surface area (Å²) in [5.74, 6) is -0.168. The molecule has 1 aliphatic heterocycles. The van der Waals surface area contributed by atoms with Gasteiger partial charge < -0.3 is 20.9 Å². The van der Waals surface area contributed by atoms with Crippen LogP contribution in [-0.4, -0.2) is 30.3 Å². The fraction of sp³-hybridized carbons (Fsp3) is 0.286. The number of nitrogens with one attached hydrogen (secondary N) is 3. The van der Waals surface area contributed by atoms with Gasteiger partial charge in [0.15, 0.2) is 0 Å². The van der Waals surface area contributed by atoms with Crippen LogP contribution < -0.4 is 20.9 Å². The van der Waals surface area contributed by atoms with Gasteiger partial charge in [0.05, 0.1) is 0 Å². The third kappa shape index (κ3) is 4.88. The van der Waals surface area contributed by atoms with Crippen LogP contribution in [0.4, 0.5) is 22.7 Å². The van der Waals surface area contributed by atoms with E-state index in [1.54, 1.807) is 36.1 Å². The number of carbonyl (C=O) groups excluding carboxylic acids is 3. The highest BCUT2D eigenvalue weighted by Crippen LogP contribution is 2.23. The lowest BCUT2D eigenvalue weighted by Gasteiger charge is -2.18. The van der Waals surface area contributed by atoms with Gasteiger partial charge in [-0.25, -0.2) is 0 Å². The summed E-state index contributed by atoms with van der Waals surface area (Å²) in [7, 11) is 0. The Bertz CT molecular complexity index is 862. The predicted molar refractivity (Wildman–Crippen MR) is 110 cm³/mol. The minimum absolute atomic E-state index is 0.144. The number of anilines is 4. The first-order chi connectivity index (χ1) is 13.4. The molecular weight excluding hydrogens is 356 g/mol. The second-order valence-corrected chi connectivity index (χ2v) is 6.81. The molecule has 28 heavy (non-hydrogen) atoms. The van der Waals surface area contributed by atoms with Gasteiger partial charge in [0.1, 0.15) is 6.04 Å². The molecule has 2 aromatic rings. The summed E-state index contributed by atoms with van der Waals surface area (Å²) < 4.78 is 0. The Morgan fingerprint density at radius 3 is 2.04 bits per heavy atom. The van der Waals surface area contributed by atoms with E-state index in [0.29, 0.717) is 17.8 Å². The maximum Gasteiger partial charge on any atom is 0.246 e. The molecule has 0 bridgehead atoms. The van der Waals surface area contributed by atoms with Crippen molar-refractivity contribution in [2.24, 2.45) is 0 Å². The monoisotopic (exact) mass is 380 g/mol. The van der Waals surface area contributed by atoms with E-state index in [-0.39, 0.29) is 17.7 Å². The van der Waals surface area contributed by atoms with Crippen LogP contribution in [0.5, 0.6) is 0 Å². The Morgan fingerprint density at radius 2 is 1.50 bits per heavy atom. The van der Waals surface area contributed by atoms with Crippen LogP contribution in [0.3, 0.4) is 0 Å². The SMILES string of the molecule is CC(=O)Nc1ccc(NC(=O)C(C)Nc2ccc(N3CCCC3=O)cc2)cc1. The van der Waals surface area contributed by atoms with Crippen molar-refractivity contribution in [1.82, 2.24) is 0 Å². The zero-order valence-corrected chi connectivity index (χ0v) is 16.0. The molecule has 1 unspecified atom stereocenters. The Labute approximate surface area is 164 Å². The normalized spacial score (nSPS) is 14.5. The Hall–Kier alpha value is -3.35. The number of rotatable bonds is 6. The van der Waals surface area contributed by atoms with Gasteiger partial charge in [0, 0.05) is 42.6 Å². The highest BCUT2D eigenvalue weighted by Gasteiger charge is 2.21. The van der Waals surface area contributed by atoms with E-state index in [4.69, 9.17) is 0 Å². The van der Waals surface area contributed by atoms with Crippen molar-refractivity contribution in [2.45, 2.75) is 32.7 Å². The summed E-state index contributed by atoms with van der Waals surface area (Å²) in [6, 6.07) is 14.0. The second-order valence-electron chi connectivity index (χ2n) is 6.81. The van der Waals surface area contributed by atoms with Crippen LogP contribution in [0.15, 0.2) is 48.5 Å². The average Bonchev–Trinajstić information content (AvgIpc) is 3.09. The first-order valence-corrected chi connectivity index (χ1v) is 9.28. The largest absolute Gasteiger partial charge is 0.374 e. The van der Waals surface area contributed by atoms with Crippen molar-refractivity contribution in [3.05, 3.63) is 48.5 Å². The molecule has 1 aliphatic rings. The summed E-state index contributed by atoms with van der Waals surface area (Å²) in [5, 5.41) is 8.67. The van der Waals surface area contributed by atoms with Crippen LogP contribution in [0, 0.1) is 0 Å². The van der Waals surface area contributed by atoms with Gasteiger partial charge >= 0.3 is 0 Å². The molecule has 1 heterocycles. The van der Waals surface area contributed by atoms with E-state index in [9.17, 15) is 14.4 Å². The average molecular weight is 380 g/mol. The van der Waals surface area contributed by atoms with Crippen molar-refractivity contribution in [1.29, 1.82) is 0 Å². The molecule has 0 aromatic heterocycles. The van der Waals surface area contributed by atoms with Crippen molar-refractivity contribution in [3.8, 4) is 0 Å². The van der Waals surface area contributed by atoms with Crippen LogP contribution in [0.2, 0.25) is 0 Å². The van der Waals surface area contributed by atoms with Crippen molar-refractivity contribution >= 4 is 40.5 Å². The summed E-state index contributed by atoms with van der Waals surface area (Å²) >= 11 is 0. The number of hydrogen-bond acceptors (Lipinski definition) is 4. The van der Waals surface area contributed by atoms with Gasteiger partial charge in [0.25, 0.3) is 0 Å². The van der Waals surface area contributed by atoms with E-state index in [0.717, 1.165) is 24.3 Å². The molecule has 146 valence electrons. The number of nitrogens with zero attached hydrogens (tertiary/aromatic N) is 1. The molecule has 3 N–H and O–H groups in total. The Morgan fingerprint density at radius 1 is 0.929 bits per heavy atom. The molecular formula is C21H24N4O3. The van der Waals surface area contributed by atoms with Gasteiger partial charge in [-0.15, -0.1) is 0 Å². The molecule has 1 fully saturated rings. The molecule has 7 heteroatoms. The number of carbonyl (C=O) groups is 3. The van der Waals surface area contributed by atoms with E-state index >= 15 is 0 Å². The van der Waals surface area contributed by atoms with E-state index in [1.807, 2.05) is 24.3 Å². The lowest BCUT2D eigenvalue weighted by Crippen LogP contribution is -2.31. The van der Waals surface area contributed by atoms with Crippen molar-refractivity contribution in [2.75, 3.05) is 27.4 Å². The van der Waals surface area contributed by atoms with Crippen LogP contribution in [0.1, 0.15) is 26.7 Å². The number of hydrogen-bond donors (Lipinski definition) is 3. The van der Waals surface area contributed by atoms with Gasteiger partial charge in [-0.3, -0.25) is 14.4 Å².